The van der Waals surface area contributed by atoms with Crippen molar-refractivity contribution in [3.05, 3.63) is 12.2 Å². The highest BCUT2D eigenvalue weighted by atomic mass is 16.7. The van der Waals surface area contributed by atoms with E-state index in [4.69, 9.17) is 9.57 Å². The minimum atomic E-state index is -0.626. The Morgan fingerprint density at radius 2 is 1.95 bits per heavy atom. The normalized spacial score (nSPS) is 15.7. The molecule has 1 aliphatic rings. The molecule has 0 fully saturated rings. The SMILES string of the molecule is CC(=O)N(OC(=O)CCN1CC=CCOC1)C(C)=O. The van der Waals surface area contributed by atoms with Crippen LogP contribution in [-0.4, -0.2) is 54.2 Å². The minimum Gasteiger partial charge on any atom is -0.362 e. The maximum Gasteiger partial charge on any atom is 0.334 e. The van der Waals surface area contributed by atoms with Gasteiger partial charge in [0.05, 0.1) is 19.8 Å². The van der Waals surface area contributed by atoms with E-state index in [1.165, 1.54) is 0 Å². The van der Waals surface area contributed by atoms with E-state index < -0.39 is 17.8 Å². The summed E-state index contributed by atoms with van der Waals surface area (Å²) >= 11 is 0. The van der Waals surface area contributed by atoms with E-state index in [0.29, 0.717) is 31.5 Å². The molecule has 0 saturated heterocycles. The molecule has 0 radical (unpaired) electrons. The predicted octanol–water partition coefficient (Wildman–Crippen LogP) is 0.0756. The van der Waals surface area contributed by atoms with Gasteiger partial charge in [0.2, 0.25) is 0 Å². The molecule has 0 bridgehead atoms. The fourth-order valence-corrected chi connectivity index (χ4v) is 1.50. The lowest BCUT2D eigenvalue weighted by molar-refractivity contribution is -0.200. The Labute approximate surface area is 111 Å². The molecule has 0 aromatic heterocycles. The summed E-state index contributed by atoms with van der Waals surface area (Å²) in [6.07, 6.45) is 3.94. The van der Waals surface area contributed by atoms with Crippen molar-refractivity contribution in [2.24, 2.45) is 0 Å². The molecule has 0 unspecified atom stereocenters. The van der Waals surface area contributed by atoms with Crippen molar-refractivity contribution in [2.75, 3.05) is 26.4 Å². The third kappa shape index (κ3) is 5.62. The van der Waals surface area contributed by atoms with E-state index >= 15 is 0 Å². The zero-order valence-corrected chi connectivity index (χ0v) is 11.1. The maximum atomic E-state index is 11.5. The van der Waals surface area contributed by atoms with Crippen molar-refractivity contribution in [1.29, 1.82) is 0 Å². The van der Waals surface area contributed by atoms with Gasteiger partial charge in [-0.25, -0.2) is 4.79 Å². The van der Waals surface area contributed by atoms with Gasteiger partial charge < -0.3 is 9.57 Å². The number of ether oxygens (including phenoxy) is 1. The summed E-state index contributed by atoms with van der Waals surface area (Å²) in [5.74, 6) is -1.87. The molecule has 0 spiro atoms. The van der Waals surface area contributed by atoms with Gasteiger partial charge in [0.25, 0.3) is 11.8 Å². The van der Waals surface area contributed by atoms with Crippen LogP contribution in [0.2, 0.25) is 0 Å². The van der Waals surface area contributed by atoms with Gasteiger partial charge in [-0.2, -0.15) is 0 Å². The highest BCUT2D eigenvalue weighted by Crippen LogP contribution is 2.01. The quantitative estimate of drug-likeness (QED) is 0.534. The lowest BCUT2D eigenvalue weighted by Gasteiger charge is -2.19. The fourth-order valence-electron chi connectivity index (χ4n) is 1.50. The Morgan fingerprint density at radius 1 is 1.26 bits per heavy atom. The average molecular weight is 270 g/mol. The predicted molar refractivity (Wildman–Crippen MR) is 65.4 cm³/mol. The average Bonchev–Trinajstić information content (AvgIpc) is 2.61. The number of hydroxylamine groups is 2. The summed E-state index contributed by atoms with van der Waals surface area (Å²) in [5.41, 5.74) is 0. The number of nitrogens with zero attached hydrogens (tertiary/aromatic N) is 2. The maximum absolute atomic E-state index is 11.5. The topological polar surface area (TPSA) is 76.2 Å². The second-order valence-corrected chi connectivity index (χ2v) is 4.09. The van der Waals surface area contributed by atoms with Gasteiger partial charge >= 0.3 is 5.97 Å². The molecule has 0 atom stereocenters. The summed E-state index contributed by atoms with van der Waals surface area (Å²) in [6, 6.07) is 0. The Bertz CT molecular complexity index is 366. The molecule has 0 aromatic carbocycles. The third-order valence-corrected chi connectivity index (χ3v) is 2.42. The lowest BCUT2D eigenvalue weighted by Crippen LogP contribution is -2.37. The third-order valence-electron chi connectivity index (χ3n) is 2.42. The van der Waals surface area contributed by atoms with Crippen LogP contribution in [-0.2, 0) is 24.0 Å². The zero-order valence-electron chi connectivity index (χ0n) is 11.1. The van der Waals surface area contributed by atoms with Crippen LogP contribution >= 0.6 is 0 Å². The van der Waals surface area contributed by atoms with Crippen molar-refractivity contribution in [3.8, 4) is 0 Å². The van der Waals surface area contributed by atoms with Crippen LogP contribution in [0.4, 0.5) is 0 Å². The second kappa shape index (κ2) is 7.65. The molecule has 19 heavy (non-hydrogen) atoms. The number of imide groups is 1. The zero-order chi connectivity index (χ0) is 14.3. The van der Waals surface area contributed by atoms with Crippen LogP contribution < -0.4 is 0 Å². The molecule has 0 aromatic rings. The Hall–Kier alpha value is -1.73. The van der Waals surface area contributed by atoms with Crippen LogP contribution in [0.3, 0.4) is 0 Å². The number of carbonyl (C=O) groups excluding carboxylic acids is 3. The first kappa shape index (κ1) is 15.3. The highest BCUT2D eigenvalue weighted by molar-refractivity contribution is 5.92. The largest absolute Gasteiger partial charge is 0.362 e. The van der Waals surface area contributed by atoms with Gasteiger partial charge in [0.1, 0.15) is 0 Å². The Kier molecular flexibility index (Phi) is 6.17. The van der Waals surface area contributed by atoms with Crippen LogP contribution in [0.1, 0.15) is 20.3 Å². The van der Waals surface area contributed by atoms with Crippen molar-refractivity contribution >= 4 is 17.8 Å². The van der Waals surface area contributed by atoms with E-state index in [1.54, 1.807) is 0 Å². The smallest absolute Gasteiger partial charge is 0.334 e. The van der Waals surface area contributed by atoms with Crippen LogP contribution in [0.15, 0.2) is 12.2 Å². The summed E-state index contributed by atoms with van der Waals surface area (Å²) in [6.45, 7) is 4.43. The van der Waals surface area contributed by atoms with E-state index in [1.807, 2.05) is 17.1 Å². The first-order valence-corrected chi connectivity index (χ1v) is 5.98. The monoisotopic (exact) mass is 270 g/mol. The molecule has 106 valence electrons. The number of rotatable bonds is 3. The van der Waals surface area contributed by atoms with E-state index in [-0.39, 0.29) is 6.42 Å². The summed E-state index contributed by atoms with van der Waals surface area (Å²) in [5, 5.41) is 0.459. The Balaban J connectivity index is 2.36. The van der Waals surface area contributed by atoms with Crippen LogP contribution in [0.25, 0.3) is 0 Å². The van der Waals surface area contributed by atoms with Crippen molar-refractivity contribution in [1.82, 2.24) is 9.96 Å². The Morgan fingerprint density at radius 3 is 2.58 bits per heavy atom. The molecule has 7 nitrogen and oxygen atoms in total. The van der Waals surface area contributed by atoms with E-state index in [0.717, 1.165) is 13.8 Å². The molecular formula is C12H18N2O5. The van der Waals surface area contributed by atoms with Gasteiger partial charge in [0.15, 0.2) is 0 Å². The number of amides is 2. The summed E-state index contributed by atoms with van der Waals surface area (Å²) < 4.78 is 5.27. The van der Waals surface area contributed by atoms with Crippen molar-refractivity contribution in [3.63, 3.8) is 0 Å². The van der Waals surface area contributed by atoms with Gasteiger partial charge in [0, 0.05) is 26.9 Å². The second-order valence-electron chi connectivity index (χ2n) is 4.09. The van der Waals surface area contributed by atoms with Gasteiger partial charge in [-0.3, -0.25) is 14.5 Å². The summed E-state index contributed by atoms with van der Waals surface area (Å²) in [7, 11) is 0. The standard InChI is InChI=1S/C12H18N2O5/c1-10(15)14(11(2)16)19-12(17)5-7-13-6-3-4-8-18-9-13/h3-4H,5-9H2,1-2H3. The molecule has 0 aliphatic carbocycles. The minimum absolute atomic E-state index is 0.0776. The molecule has 0 saturated carbocycles. The lowest BCUT2D eigenvalue weighted by atomic mass is 10.4. The molecule has 2 amide bonds. The first-order valence-electron chi connectivity index (χ1n) is 5.98. The number of carbonyl (C=O) groups is 3. The fraction of sp³-hybridized carbons (Fsp3) is 0.583. The highest BCUT2D eigenvalue weighted by Gasteiger charge is 2.20. The molecule has 7 heteroatoms. The number of hydrogen-bond donors (Lipinski definition) is 0. The van der Waals surface area contributed by atoms with Crippen molar-refractivity contribution < 1.29 is 24.0 Å². The molecule has 0 N–H and O–H groups in total. The van der Waals surface area contributed by atoms with Crippen LogP contribution in [0.5, 0.6) is 0 Å². The van der Waals surface area contributed by atoms with Gasteiger partial charge in [-0.1, -0.05) is 12.2 Å². The first-order chi connectivity index (χ1) is 9.00. The number of hydrogen-bond acceptors (Lipinski definition) is 6. The van der Waals surface area contributed by atoms with Gasteiger partial charge in [-0.15, -0.1) is 5.06 Å². The molecule has 1 heterocycles. The van der Waals surface area contributed by atoms with Gasteiger partial charge in [-0.05, 0) is 0 Å². The van der Waals surface area contributed by atoms with Crippen LogP contribution in [0, 0.1) is 0 Å². The summed E-state index contributed by atoms with van der Waals surface area (Å²) in [4.78, 5) is 40.3. The van der Waals surface area contributed by atoms with Crippen molar-refractivity contribution in [2.45, 2.75) is 20.3 Å². The molecular weight excluding hydrogens is 252 g/mol. The van der Waals surface area contributed by atoms with E-state index in [9.17, 15) is 14.4 Å². The molecule has 1 aliphatic heterocycles. The molecule has 1 rings (SSSR count). The van der Waals surface area contributed by atoms with E-state index in [2.05, 4.69) is 0 Å².